The van der Waals surface area contributed by atoms with Gasteiger partial charge < -0.3 is 10.6 Å². The molecule has 1 aliphatic carbocycles. The molecule has 17 heavy (non-hydrogen) atoms. The van der Waals surface area contributed by atoms with Crippen LogP contribution in [-0.2, 0) is 13.0 Å². The van der Waals surface area contributed by atoms with E-state index in [4.69, 9.17) is 5.73 Å². The summed E-state index contributed by atoms with van der Waals surface area (Å²) < 4.78 is 0. The van der Waals surface area contributed by atoms with Gasteiger partial charge in [-0.05, 0) is 36.5 Å². The fourth-order valence-electron chi connectivity index (χ4n) is 3.49. The third-order valence-corrected chi connectivity index (χ3v) is 4.40. The van der Waals surface area contributed by atoms with E-state index in [1.54, 1.807) is 0 Å². The molecule has 2 aliphatic rings. The number of rotatable bonds is 2. The zero-order valence-electron chi connectivity index (χ0n) is 10.5. The summed E-state index contributed by atoms with van der Waals surface area (Å²) in [6.07, 6.45) is 8.21. The number of nitrogens with zero attached hydrogens (tertiary/aromatic N) is 1. The van der Waals surface area contributed by atoms with Gasteiger partial charge in [-0.3, -0.25) is 0 Å². The van der Waals surface area contributed by atoms with E-state index in [0.29, 0.717) is 6.54 Å². The van der Waals surface area contributed by atoms with E-state index < -0.39 is 0 Å². The summed E-state index contributed by atoms with van der Waals surface area (Å²) >= 11 is 0. The largest absolute Gasteiger partial charge is 0.368 e. The van der Waals surface area contributed by atoms with Crippen molar-refractivity contribution >= 4 is 5.69 Å². The standard InChI is InChI=1S/C15H22N2/c16-11-12-5-4-8-15-14(12)9-10-17(15)13-6-2-1-3-7-13/h4-5,8,13H,1-3,6-7,9-11,16H2. The predicted octanol–water partition coefficient (Wildman–Crippen LogP) is 2.84. The van der Waals surface area contributed by atoms with Gasteiger partial charge in [0, 0.05) is 24.8 Å². The van der Waals surface area contributed by atoms with Crippen molar-refractivity contribution in [2.75, 3.05) is 11.4 Å². The quantitative estimate of drug-likeness (QED) is 0.846. The van der Waals surface area contributed by atoms with Crippen molar-refractivity contribution < 1.29 is 0 Å². The molecule has 92 valence electrons. The highest BCUT2D eigenvalue weighted by molar-refractivity contribution is 5.61. The van der Waals surface area contributed by atoms with Crippen LogP contribution in [0.2, 0.25) is 0 Å². The molecule has 0 bridgehead atoms. The van der Waals surface area contributed by atoms with E-state index in [9.17, 15) is 0 Å². The highest BCUT2D eigenvalue weighted by Gasteiger charge is 2.27. The smallest absolute Gasteiger partial charge is 0.0405 e. The van der Waals surface area contributed by atoms with E-state index in [1.807, 2.05) is 0 Å². The van der Waals surface area contributed by atoms with Gasteiger partial charge in [0.15, 0.2) is 0 Å². The van der Waals surface area contributed by atoms with Crippen LogP contribution in [0, 0.1) is 0 Å². The number of benzene rings is 1. The van der Waals surface area contributed by atoms with Crippen LogP contribution in [0.4, 0.5) is 5.69 Å². The summed E-state index contributed by atoms with van der Waals surface area (Å²) in [6, 6.07) is 7.43. The van der Waals surface area contributed by atoms with Gasteiger partial charge in [-0.1, -0.05) is 31.4 Å². The van der Waals surface area contributed by atoms with E-state index >= 15 is 0 Å². The summed E-state index contributed by atoms with van der Waals surface area (Å²) in [7, 11) is 0. The summed E-state index contributed by atoms with van der Waals surface area (Å²) in [5.74, 6) is 0. The van der Waals surface area contributed by atoms with Crippen LogP contribution in [0.5, 0.6) is 0 Å². The second-order valence-electron chi connectivity index (χ2n) is 5.35. The van der Waals surface area contributed by atoms with Crippen molar-refractivity contribution in [2.24, 2.45) is 5.73 Å². The molecule has 0 spiro atoms. The lowest BCUT2D eigenvalue weighted by atomic mass is 9.94. The first-order valence-electron chi connectivity index (χ1n) is 6.97. The zero-order chi connectivity index (χ0) is 11.7. The molecule has 2 nitrogen and oxygen atoms in total. The Hall–Kier alpha value is -1.02. The van der Waals surface area contributed by atoms with Gasteiger partial charge in [0.1, 0.15) is 0 Å². The minimum absolute atomic E-state index is 0.682. The Bertz CT molecular complexity index is 394. The van der Waals surface area contributed by atoms with E-state index in [1.165, 1.54) is 61.9 Å². The minimum Gasteiger partial charge on any atom is -0.368 e. The molecule has 1 saturated carbocycles. The third-order valence-electron chi connectivity index (χ3n) is 4.40. The van der Waals surface area contributed by atoms with Gasteiger partial charge in [-0.25, -0.2) is 0 Å². The SMILES string of the molecule is NCc1cccc2c1CCN2C1CCCCC1. The molecule has 1 aliphatic heterocycles. The van der Waals surface area contributed by atoms with Crippen LogP contribution >= 0.6 is 0 Å². The molecule has 0 unspecified atom stereocenters. The van der Waals surface area contributed by atoms with Gasteiger partial charge in [-0.2, -0.15) is 0 Å². The molecule has 0 amide bonds. The van der Waals surface area contributed by atoms with Crippen LogP contribution in [-0.4, -0.2) is 12.6 Å². The first-order valence-corrected chi connectivity index (χ1v) is 6.97. The third kappa shape index (κ3) is 1.95. The summed E-state index contributed by atoms with van der Waals surface area (Å²) in [6.45, 7) is 1.89. The molecular weight excluding hydrogens is 208 g/mol. The Morgan fingerprint density at radius 2 is 2.00 bits per heavy atom. The van der Waals surface area contributed by atoms with Gasteiger partial charge in [0.25, 0.3) is 0 Å². The number of hydrogen-bond donors (Lipinski definition) is 1. The normalized spacial score (nSPS) is 20.6. The fraction of sp³-hybridized carbons (Fsp3) is 0.600. The lowest BCUT2D eigenvalue weighted by Gasteiger charge is -2.33. The van der Waals surface area contributed by atoms with Crippen molar-refractivity contribution in [2.45, 2.75) is 51.1 Å². The molecule has 0 radical (unpaired) electrons. The molecule has 2 N–H and O–H groups in total. The Labute approximate surface area is 104 Å². The molecule has 1 fully saturated rings. The van der Waals surface area contributed by atoms with Gasteiger partial charge >= 0.3 is 0 Å². The summed E-state index contributed by atoms with van der Waals surface area (Å²) in [4.78, 5) is 2.65. The van der Waals surface area contributed by atoms with E-state index in [2.05, 4.69) is 23.1 Å². The first-order chi connectivity index (χ1) is 8.40. The molecule has 0 atom stereocenters. The van der Waals surface area contributed by atoms with Crippen molar-refractivity contribution in [3.8, 4) is 0 Å². The maximum absolute atomic E-state index is 5.83. The zero-order valence-corrected chi connectivity index (χ0v) is 10.5. The fourth-order valence-corrected chi connectivity index (χ4v) is 3.49. The molecule has 0 aromatic heterocycles. The number of fused-ring (bicyclic) bond motifs is 1. The lowest BCUT2D eigenvalue weighted by Crippen LogP contribution is -2.35. The van der Waals surface area contributed by atoms with Crippen LogP contribution in [0.25, 0.3) is 0 Å². The Balaban J connectivity index is 1.87. The highest BCUT2D eigenvalue weighted by atomic mass is 15.2. The molecule has 3 rings (SSSR count). The van der Waals surface area contributed by atoms with Crippen molar-refractivity contribution in [1.82, 2.24) is 0 Å². The number of anilines is 1. The van der Waals surface area contributed by atoms with Crippen LogP contribution < -0.4 is 10.6 Å². The van der Waals surface area contributed by atoms with E-state index in [-0.39, 0.29) is 0 Å². The molecular formula is C15H22N2. The van der Waals surface area contributed by atoms with Crippen molar-refractivity contribution in [3.63, 3.8) is 0 Å². The van der Waals surface area contributed by atoms with Gasteiger partial charge in [0.05, 0.1) is 0 Å². The molecule has 1 aromatic carbocycles. The molecule has 1 aromatic rings. The average Bonchev–Trinajstić information content (AvgIpc) is 2.83. The summed E-state index contributed by atoms with van der Waals surface area (Å²) in [5.41, 5.74) is 10.2. The second-order valence-corrected chi connectivity index (χ2v) is 5.35. The molecule has 1 heterocycles. The van der Waals surface area contributed by atoms with Gasteiger partial charge in [-0.15, -0.1) is 0 Å². The molecule has 2 heteroatoms. The highest BCUT2D eigenvalue weighted by Crippen LogP contribution is 2.35. The maximum atomic E-state index is 5.83. The maximum Gasteiger partial charge on any atom is 0.0405 e. The topological polar surface area (TPSA) is 29.3 Å². The van der Waals surface area contributed by atoms with Crippen molar-refractivity contribution in [1.29, 1.82) is 0 Å². The molecule has 0 saturated heterocycles. The number of hydrogen-bond acceptors (Lipinski definition) is 2. The van der Waals surface area contributed by atoms with Crippen molar-refractivity contribution in [3.05, 3.63) is 29.3 Å². The van der Waals surface area contributed by atoms with Gasteiger partial charge in [0.2, 0.25) is 0 Å². The lowest BCUT2D eigenvalue weighted by molar-refractivity contribution is 0.420. The minimum atomic E-state index is 0.682. The second kappa shape index (κ2) is 4.69. The van der Waals surface area contributed by atoms with Crippen LogP contribution in [0.1, 0.15) is 43.2 Å². The Morgan fingerprint density at radius 3 is 2.76 bits per heavy atom. The Morgan fingerprint density at radius 1 is 1.18 bits per heavy atom. The average molecular weight is 230 g/mol. The predicted molar refractivity (Wildman–Crippen MR) is 72.3 cm³/mol. The Kier molecular flexibility index (Phi) is 3.06. The first kappa shape index (κ1) is 11.1. The number of nitrogens with two attached hydrogens (primary N) is 1. The van der Waals surface area contributed by atoms with Crippen LogP contribution in [0.3, 0.4) is 0 Å². The van der Waals surface area contributed by atoms with Crippen LogP contribution in [0.15, 0.2) is 18.2 Å². The monoisotopic (exact) mass is 230 g/mol. The van der Waals surface area contributed by atoms with E-state index in [0.717, 1.165) is 6.04 Å². The summed E-state index contributed by atoms with van der Waals surface area (Å²) in [5, 5.41) is 0.